The van der Waals surface area contributed by atoms with Crippen LogP contribution in [0.5, 0.6) is 11.5 Å². The molecule has 0 unspecified atom stereocenters. The Kier molecular flexibility index (Phi) is 4.53. The molecule has 0 atom stereocenters. The molecular formula is C16H18FNO. The molecule has 0 aliphatic rings. The van der Waals surface area contributed by atoms with Crippen molar-refractivity contribution in [2.45, 2.75) is 20.4 Å². The van der Waals surface area contributed by atoms with E-state index in [4.69, 9.17) is 4.74 Å². The van der Waals surface area contributed by atoms with Crippen LogP contribution in [0.2, 0.25) is 0 Å². The zero-order valence-electron chi connectivity index (χ0n) is 11.2. The third-order valence-corrected chi connectivity index (χ3v) is 2.77. The summed E-state index contributed by atoms with van der Waals surface area (Å²) in [7, 11) is 0. The van der Waals surface area contributed by atoms with E-state index in [1.54, 1.807) is 0 Å². The molecule has 19 heavy (non-hydrogen) atoms. The van der Waals surface area contributed by atoms with Crippen LogP contribution >= 0.6 is 0 Å². The lowest BCUT2D eigenvalue weighted by Crippen LogP contribution is -2.11. The number of ether oxygens (including phenoxy) is 1. The Bertz CT molecular complexity index is 537. The molecule has 2 nitrogen and oxygen atoms in total. The lowest BCUT2D eigenvalue weighted by atomic mass is 10.2. The number of nitrogens with one attached hydrogen (secondary N) is 1. The van der Waals surface area contributed by atoms with Gasteiger partial charge in [0.1, 0.15) is 17.3 Å². The van der Waals surface area contributed by atoms with E-state index in [0.717, 1.165) is 12.1 Å². The van der Waals surface area contributed by atoms with Crippen molar-refractivity contribution in [3.05, 3.63) is 59.4 Å². The Morgan fingerprint density at radius 1 is 1.05 bits per heavy atom. The lowest BCUT2D eigenvalue weighted by Gasteiger charge is -2.09. The van der Waals surface area contributed by atoms with Crippen LogP contribution in [0, 0.1) is 12.7 Å². The first-order valence-corrected chi connectivity index (χ1v) is 6.42. The van der Waals surface area contributed by atoms with Gasteiger partial charge in [-0.25, -0.2) is 4.39 Å². The fourth-order valence-corrected chi connectivity index (χ4v) is 1.79. The maximum Gasteiger partial charge on any atom is 0.130 e. The van der Waals surface area contributed by atoms with Crippen LogP contribution in [-0.2, 0) is 6.54 Å². The van der Waals surface area contributed by atoms with Gasteiger partial charge in [-0.05, 0) is 43.3 Å². The molecule has 0 aliphatic carbocycles. The molecule has 1 N–H and O–H groups in total. The summed E-state index contributed by atoms with van der Waals surface area (Å²) >= 11 is 0. The van der Waals surface area contributed by atoms with E-state index in [-0.39, 0.29) is 5.82 Å². The molecule has 3 heteroatoms. The Balaban J connectivity index is 2.15. The smallest absolute Gasteiger partial charge is 0.130 e. The minimum atomic E-state index is -0.280. The molecule has 0 aromatic heterocycles. The van der Waals surface area contributed by atoms with E-state index >= 15 is 0 Å². The molecule has 0 aliphatic heterocycles. The summed E-state index contributed by atoms with van der Waals surface area (Å²) in [6.07, 6.45) is 0. The van der Waals surface area contributed by atoms with E-state index in [0.29, 0.717) is 18.0 Å². The number of benzene rings is 2. The molecule has 0 spiro atoms. The summed E-state index contributed by atoms with van der Waals surface area (Å²) in [4.78, 5) is 0. The highest BCUT2D eigenvalue weighted by Gasteiger charge is 2.03. The average molecular weight is 259 g/mol. The van der Waals surface area contributed by atoms with Crippen LogP contribution in [0.3, 0.4) is 0 Å². The Morgan fingerprint density at radius 3 is 2.47 bits per heavy atom. The number of rotatable bonds is 5. The highest BCUT2D eigenvalue weighted by atomic mass is 19.1. The molecular weight excluding hydrogens is 241 g/mol. The van der Waals surface area contributed by atoms with Crippen molar-refractivity contribution in [2.24, 2.45) is 0 Å². The molecule has 0 saturated heterocycles. The number of hydrogen-bond donors (Lipinski definition) is 1. The standard InChI is InChI=1S/C16H18FNO/c1-3-18-11-13-8-14(17)10-16(9-13)19-15-6-4-12(2)5-7-15/h4-10,18H,3,11H2,1-2H3. The second-order valence-electron chi connectivity index (χ2n) is 4.49. The van der Waals surface area contributed by atoms with Crippen LogP contribution < -0.4 is 10.1 Å². The Morgan fingerprint density at radius 2 is 1.79 bits per heavy atom. The highest BCUT2D eigenvalue weighted by molar-refractivity contribution is 5.35. The summed E-state index contributed by atoms with van der Waals surface area (Å²) in [5, 5.41) is 3.17. The van der Waals surface area contributed by atoms with E-state index in [9.17, 15) is 4.39 Å². The quantitative estimate of drug-likeness (QED) is 0.875. The highest BCUT2D eigenvalue weighted by Crippen LogP contribution is 2.24. The van der Waals surface area contributed by atoms with Gasteiger partial charge in [-0.3, -0.25) is 0 Å². The molecule has 100 valence electrons. The van der Waals surface area contributed by atoms with Gasteiger partial charge in [0, 0.05) is 12.6 Å². The van der Waals surface area contributed by atoms with Crippen molar-refractivity contribution < 1.29 is 9.13 Å². The van der Waals surface area contributed by atoms with Gasteiger partial charge >= 0.3 is 0 Å². The van der Waals surface area contributed by atoms with Crippen LogP contribution in [0.1, 0.15) is 18.1 Å². The SMILES string of the molecule is CCNCc1cc(F)cc(Oc2ccc(C)cc2)c1. The maximum atomic E-state index is 13.5. The van der Waals surface area contributed by atoms with Crippen molar-refractivity contribution in [3.63, 3.8) is 0 Å². The predicted molar refractivity (Wildman–Crippen MR) is 75.0 cm³/mol. The van der Waals surface area contributed by atoms with Crippen molar-refractivity contribution >= 4 is 0 Å². The largest absolute Gasteiger partial charge is 0.457 e. The zero-order valence-corrected chi connectivity index (χ0v) is 11.2. The summed E-state index contributed by atoms with van der Waals surface area (Å²) in [6, 6.07) is 12.5. The van der Waals surface area contributed by atoms with Gasteiger partial charge in [0.05, 0.1) is 0 Å². The molecule has 0 fully saturated rings. The van der Waals surface area contributed by atoms with Gasteiger partial charge in [0.25, 0.3) is 0 Å². The van der Waals surface area contributed by atoms with E-state index in [2.05, 4.69) is 5.32 Å². The lowest BCUT2D eigenvalue weighted by molar-refractivity contribution is 0.475. The molecule has 0 bridgehead atoms. The monoisotopic (exact) mass is 259 g/mol. The molecule has 0 radical (unpaired) electrons. The van der Waals surface area contributed by atoms with Crippen molar-refractivity contribution in [3.8, 4) is 11.5 Å². The number of hydrogen-bond acceptors (Lipinski definition) is 2. The van der Waals surface area contributed by atoms with Crippen molar-refractivity contribution in [1.29, 1.82) is 0 Å². The number of halogens is 1. The third kappa shape index (κ3) is 4.07. The van der Waals surface area contributed by atoms with Gasteiger partial charge in [-0.1, -0.05) is 24.6 Å². The van der Waals surface area contributed by atoms with Crippen LogP contribution in [0.15, 0.2) is 42.5 Å². The normalized spacial score (nSPS) is 10.5. The van der Waals surface area contributed by atoms with Gasteiger partial charge in [-0.15, -0.1) is 0 Å². The summed E-state index contributed by atoms with van der Waals surface area (Å²) in [5.74, 6) is 0.958. The van der Waals surface area contributed by atoms with Gasteiger partial charge in [-0.2, -0.15) is 0 Å². The molecule has 2 aromatic rings. The first-order valence-electron chi connectivity index (χ1n) is 6.42. The molecule has 2 rings (SSSR count). The topological polar surface area (TPSA) is 21.3 Å². The first-order chi connectivity index (χ1) is 9.17. The zero-order chi connectivity index (χ0) is 13.7. The van der Waals surface area contributed by atoms with E-state index in [1.807, 2.05) is 44.2 Å². The van der Waals surface area contributed by atoms with Gasteiger partial charge in [0.2, 0.25) is 0 Å². The predicted octanol–water partition coefficient (Wildman–Crippen LogP) is 4.04. The van der Waals surface area contributed by atoms with E-state index < -0.39 is 0 Å². The average Bonchev–Trinajstić information content (AvgIpc) is 2.38. The maximum absolute atomic E-state index is 13.5. The van der Waals surface area contributed by atoms with Crippen molar-refractivity contribution in [1.82, 2.24) is 5.32 Å². The molecule has 0 amide bonds. The molecule has 0 heterocycles. The second kappa shape index (κ2) is 6.34. The first kappa shape index (κ1) is 13.6. The minimum absolute atomic E-state index is 0.280. The number of aryl methyl sites for hydroxylation is 1. The van der Waals surface area contributed by atoms with Crippen LogP contribution in [-0.4, -0.2) is 6.54 Å². The molecule has 0 saturated carbocycles. The molecule has 2 aromatic carbocycles. The second-order valence-corrected chi connectivity index (χ2v) is 4.49. The summed E-state index contributed by atoms with van der Waals surface area (Å²) in [6.45, 7) is 5.52. The van der Waals surface area contributed by atoms with E-state index in [1.165, 1.54) is 17.7 Å². The van der Waals surface area contributed by atoms with Gasteiger partial charge < -0.3 is 10.1 Å². The Labute approximate surface area is 113 Å². The van der Waals surface area contributed by atoms with Crippen molar-refractivity contribution in [2.75, 3.05) is 6.54 Å². The summed E-state index contributed by atoms with van der Waals surface area (Å²) in [5.41, 5.74) is 2.04. The minimum Gasteiger partial charge on any atom is -0.457 e. The van der Waals surface area contributed by atoms with Crippen LogP contribution in [0.25, 0.3) is 0 Å². The third-order valence-electron chi connectivity index (χ3n) is 2.77. The summed E-state index contributed by atoms with van der Waals surface area (Å²) < 4.78 is 19.2. The Hall–Kier alpha value is -1.87. The van der Waals surface area contributed by atoms with Crippen LogP contribution in [0.4, 0.5) is 4.39 Å². The van der Waals surface area contributed by atoms with Gasteiger partial charge in [0.15, 0.2) is 0 Å². The fraction of sp³-hybridized carbons (Fsp3) is 0.250. The fourth-order valence-electron chi connectivity index (χ4n) is 1.79.